The highest BCUT2D eigenvalue weighted by molar-refractivity contribution is 5.54. The van der Waals surface area contributed by atoms with Crippen LogP contribution in [0.1, 0.15) is 13.3 Å². The van der Waals surface area contributed by atoms with Crippen molar-refractivity contribution in [2.24, 2.45) is 5.92 Å². The van der Waals surface area contributed by atoms with Crippen LogP contribution in [0, 0.1) is 5.92 Å². The van der Waals surface area contributed by atoms with Gasteiger partial charge in [0.25, 0.3) is 0 Å². The highest BCUT2D eigenvalue weighted by Crippen LogP contribution is 2.12. The van der Waals surface area contributed by atoms with Crippen LogP contribution in [-0.2, 0) is 4.79 Å². The number of hydrogen-bond acceptors (Lipinski definition) is 2. The maximum Gasteiger partial charge on any atom is 0.124 e. The lowest BCUT2D eigenvalue weighted by molar-refractivity contribution is -0.110. The Kier molecular flexibility index (Phi) is 2.22. The van der Waals surface area contributed by atoms with Crippen molar-refractivity contribution in [3.05, 3.63) is 0 Å². The molecule has 0 aromatic carbocycles. The van der Waals surface area contributed by atoms with Crippen molar-refractivity contribution in [2.75, 3.05) is 19.6 Å². The summed E-state index contributed by atoms with van der Waals surface area (Å²) in [4.78, 5) is 12.5. The summed E-state index contributed by atoms with van der Waals surface area (Å²) in [6, 6.07) is 0. The van der Waals surface area contributed by atoms with Gasteiger partial charge in [-0.05, 0) is 19.5 Å². The van der Waals surface area contributed by atoms with Crippen LogP contribution in [0.5, 0.6) is 0 Å². The molecule has 0 amide bonds. The molecule has 1 rings (SSSR count). The molecule has 2 nitrogen and oxygen atoms in total. The fourth-order valence-corrected chi connectivity index (χ4v) is 1.26. The molecular weight excluding hydrogens is 114 g/mol. The lowest BCUT2D eigenvalue weighted by atomic mass is 10.1. The summed E-state index contributed by atoms with van der Waals surface area (Å²) < 4.78 is 0. The maximum atomic E-state index is 10.2. The first-order chi connectivity index (χ1) is 4.36. The van der Waals surface area contributed by atoms with E-state index in [-0.39, 0.29) is 0 Å². The van der Waals surface area contributed by atoms with E-state index in [0.717, 1.165) is 32.3 Å². The Bertz CT molecular complexity index is 103. The van der Waals surface area contributed by atoms with Gasteiger partial charge in [-0.2, -0.15) is 0 Å². The van der Waals surface area contributed by atoms with Crippen molar-refractivity contribution < 1.29 is 4.79 Å². The molecule has 9 heavy (non-hydrogen) atoms. The van der Waals surface area contributed by atoms with Crippen LogP contribution in [-0.4, -0.2) is 30.8 Å². The van der Waals surface area contributed by atoms with E-state index in [2.05, 4.69) is 11.8 Å². The van der Waals surface area contributed by atoms with E-state index in [1.807, 2.05) is 0 Å². The molecule has 1 saturated heterocycles. The molecule has 1 atom stereocenters. The van der Waals surface area contributed by atoms with Crippen molar-refractivity contribution in [3.8, 4) is 0 Å². The molecule has 0 aromatic rings. The van der Waals surface area contributed by atoms with Gasteiger partial charge >= 0.3 is 0 Å². The zero-order valence-corrected chi connectivity index (χ0v) is 5.84. The second-order valence-electron chi connectivity index (χ2n) is 2.58. The molecule has 2 heteroatoms. The topological polar surface area (TPSA) is 20.3 Å². The van der Waals surface area contributed by atoms with E-state index >= 15 is 0 Å². The van der Waals surface area contributed by atoms with E-state index in [1.54, 1.807) is 0 Å². The Morgan fingerprint density at radius 2 is 2.56 bits per heavy atom. The number of nitrogens with zero attached hydrogens (tertiary/aromatic N) is 1. The molecule has 0 bridgehead atoms. The van der Waals surface area contributed by atoms with Crippen molar-refractivity contribution in [1.82, 2.24) is 4.90 Å². The number of carbonyl (C=O) groups excluding carboxylic acids is 1. The van der Waals surface area contributed by atoms with Crippen LogP contribution >= 0.6 is 0 Å². The predicted octanol–water partition coefficient (Wildman–Crippen LogP) is 0.527. The molecule has 0 saturated carbocycles. The van der Waals surface area contributed by atoms with Crippen LogP contribution in [0.15, 0.2) is 0 Å². The van der Waals surface area contributed by atoms with Gasteiger partial charge in [-0.1, -0.05) is 6.92 Å². The summed E-state index contributed by atoms with van der Waals surface area (Å²) in [5.74, 6) is 0.324. The molecule has 0 aromatic heterocycles. The minimum absolute atomic E-state index is 0.324. The fourth-order valence-electron chi connectivity index (χ4n) is 1.26. The summed E-state index contributed by atoms with van der Waals surface area (Å²) in [7, 11) is 0. The van der Waals surface area contributed by atoms with Gasteiger partial charge in [0, 0.05) is 12.5 Å². The number of hydrogen-bond donors (Lipinski definition) is 0. The SMILES string of the molecule is CCN1CC[C@@H](C=O)C1. The number of likely N-dealkylation sites (tertiary alicyclic amines) is 1. The van der Waals surface area contributed by atoms with Gasteiger partial charge in [-0.15, -0.1) is 0 Å². The molecule has 1 heterocycles. The average molecular weight is 127 g/mol. The lowest BCUT2D eigenvalue weighted by Crippen LogP contribution is -2.19. The molecule has 0 aliphatic carbocycles. The summed E-state index contributed by atoms with van der Waals surface area (Å²) in [5, 5.41) is 0. The molecule has 1 aliphatic rings. The minimum Gasteiger partial charge on any atom is -0.303 e. The largest absolute Gasteiger partial charge is 0.303 e. The van der Waals surface area contributed by atoms with Crippen LogP contribution in [0.2, 0.25) is 0 Å². The number of aldehydes is 1. The number of rotatable bonds is 2. The third-order valence-corrected chi connectivity index (χ3v) is 1.95. The first-order valence-corrected chi connectivity index (χ1v) is 3.54. The molecular formula is C7H13NO. The monoisotopic (exact) mass is 127 g/mol. The maximum absolute atomic E-state index is 10.2. The van der Waals surface area contributed by atoms with Gasteiger partial charge in [0.1, 0.15) is 6.29 Å². The molecule has 1 aliphatic heterocycles. The molecule has 0 unspecified atom stereocenters. The smallest absolute Gasteiger partial charge is 0.124 e. The van der Waals surface area contributed by atoms with Gasteiger partial charge in [0.05, 0.1) is 0 Å². The standard InChI is InChI=1S/C7H13NO/c1-2-8-4-3-7(5-8)6-9/h6-7H,2-5H2,1H3/t7-/m1/s1. The second kappa shape index (κ2) is 2.97. The summed E-state index contributed by atoms with van der Waals surface area (Å²) in [6.07, 6.45) is 2.15. The van der Waals surface area contributed by atoms with Gasteiger partial charge in [-0.25, -0.2) is 0 Å². The van der Waals surface area contributed by atoms with E-state index in [0.29, 0.717) is 5.92 Å². The zero-order chi connectivity index (χ0) is 6.69. The third kappa shape index (κ3) is 1.52. The third-order valence-electron chi connectivity index (χ3n) is 1.95. The van der Waals surface area contributed by atoms with Crippen LogP contribution in [0.25, 0.3) is 0 Å². The average Bonchev–Trinajstić information content (AvgIpc) is 2.34. The highest BCUT2D eigenvalue weighted by Gasteiger charge is 2.19. The first kappa shape index (κ1) is 6.75. The quantitative estimate of drug-likeness (QED) is 0.504. The fraction of sp³-hybridized carbons (Fsp3) is 0.857. The Morgan fingerprint density at radius 1 is 1.78 bits per heavy atom. The van der Waals surface area contributed by atoms with Gasteiger partial charge < -0.3 is 9.69 Å². The van der Waals surface area contributed by atoms with Crippen molar-refractivity contribution in [2.45, 2.75) is 13.3 Å². The minimum atomic E-state index is 0.324. The van der Waals surface area contributed by atoms with Gasteiger partial charge in [0.2, 0.25) is 0 Å². The summed E-state index contributed by atoms with van der Waals surface area (Å²) in [6.45, 7) is 5.32. The van der Waals surface area contributed by atoms with E-state index < -0.39 is 0 Å². The normalized spacial score (nSPS) is 28.8. The van der Waals surface area contributed by atoms with Crippen molar-refractivity contribution in [3.63, 3.8) is 0 Å². The Hall–Kier alpha value is -0.370. The number of carbonyl (C=O) groups is 1. The summed E-state index contributed by atoms with van der Waals surface area (Å²) in [5.41, 5.74) is 0. The Labute approximate surface area is 55.8 Å². The van der Waals surface area contributed by atoms with Gasteiger partial charge in [0.15, 0.2) is 0 Å². The van der Waals surface area contributed by atoms with Crippen LogP contribution < -0.4 is 0 Å². The van der Waals surface area contributed by atoms with Crippen molar-refractivity contribution in [1.29, 1.82) is 0 Å². The lowest BCUT2D eigenvalue weighted by Gasteiger charge is -2.09. The molecule has 1 fully saturated rings. The van der Waals surface area contributed by atoms with E-state index in [4.69, 9.17) is 0 Å². The zero-order valence-electron chi connectivity index (χ0n) is 5.84. The molecule has 0 N–H and O–H groups in total. The Balaban J connectivity index is 2.28. The molecule has 0 spiro atoms. The first-order valence-electron chi connectivity index (χ1n) is 3.54. The molecule has 52 valence electrons. The van der Waals surface area contributed by atoms with Crippen LogP contribution in [0.4, 0.5) is 0 Å². The Morgan fingerprint density at radius 3 is 2.89 bits per heavy atom. The summed E-state index contributed by atoms with van der Waals surface area (Å²) >= 11 is 0. The highest BCUT2D eigenvalue weighted by atomic mass is 16.1. The second-order valence-corrected chi connectivity index (χ2v) is 2.58. The van der Waals surface area contributed by atoms with E-state index in [1.165, 1.54) is 0 Å². The van der Waals surface area contributed by atoms with Crippen molar-refractivity contribution >= 4 is 6.29 Å². The van der Waals surface area contributed by atoms with E-state index in [9.17, 15) is 4.79 Å². The van der Waals surface area contributed by atoms with Crippen LogP contribution in [0.3, 0.4) is 0 Å². The van der Waals surface area contributed by atoms with Gasteiger partial charge in [-0.3, -0.25) is 0 Å². The molecule has 0 radical (unpaired) electrons. The predicted molar refractivity (Wildman–Crippen MR) is 36.3 cm³/mol.